The molecule has 6 heteroatoms. The predicted molar refractivity (Wildman–Crippen MR) is 61.3 cm³/mol. The van der Waals surface area contributed by atoms with Gasteiger partial charge in [0.25, 0.3) is 0 Å². The fourth-order valence-electron chi connectivity index (χ4n) is 1.44. The smallest absolute Gasteiger partial charge is 0.416 e. The second kappa shape index (κ2) is 6.61. The highest BCUT2D eigenvalue weighted by atomic mass is 19.4. The Morgan fingerprint density at radius 3 is 2.50 bits per heavy atom. The van der Waals surface area contributed by atoms with Crippen molar-refractivity contribution in [3.05, 3.63) is 29.3 Å². The third-order valence-electron chi connectivity index (χ3n) is 2.36. The Balaban J connectivity index is 2.74. The minimum absolute atomic E-state index is 0.00350. The zero-order valence-corrected chi connectivity index (χ0v) is 10.1. The Kier molecular flexibility index (Phi) is 5.43. The predicted octanol–water partition coefficient (Wildman–Crippen LogP) is 2.58. The molecule has 0 aliphatic carbocycles. The van der Waals surface area contributed by atoms with Crippen LogP contribution < -0.4 is 10.5 Å². The van der Waals surface area contributed by atoms with Crippen LogP contribution in [0, 0.1) is 0 Å². The minimum Gasteiger partial charge on any atom is -0.493 e. The average Bonchev–Trinajstić information content (AvgIpc) is 2.33. The minimum atomic E-state index is -4.36. The van der Waals surface area contributed by atoms with E-state index in [1.165, 1.54) is 6.07 Å². The van der Waals surface area contributed by atoms with Crippen molar-refractivity contribution in [3.8, 4) is 5.75 Å². The molecule has 3 nitrogen and oxygen atoms in total. The third kappa shape index (κ3) is 4.19. The maximum absolute atomic E-state index is 12.5. The van der Waals surface area contributed by atoms with Gasteiger partial charge in [-0.3, -0.25) is 0 Å². The molecule has 18 heavy (non-hydrogen) atoms. The van der Waals surface area contributed by atoms with Crippen LogP contribution in [0.5, 0.6) is 5.75 Å². The van der Waals surface area contributed by atoms with Gasteiger partial charge in [0.2, 0.25) is 0 Å². The van der Waals surface area contributed by atoms with E-state index in [4.69, 9.17) is 15.2 Å². The van der Waals surface area contributed by atoms with E-state index in [1.54, 1.807) is 7.11 Å². The summed E-state index contributed by atoms with van der Waals surface area (Å²) in [5.41, 5.74) is 5.05. The van der Waals surface area contributed by atoms with E-state index in [-0.39, 0.29) is 6.54 Å². The lowest BCUT2D eigenvalue weighted by molar-refractivity contribution is -0.137. The lowest BCUT2D eigenvalue weighted by atomic mass is 10.1. The molecule has 0 aliphatic heterocycles. The first kappa shape index (κ1) is 14.8. The van der Waals surface area contributed by atoms with Crippen LogP contribution in [-0.2, 0) is 17.5 Å². The molecule has 0 aliphatic rings. The summed E-state index contributed by atoms with van der Waals surface area (Å²) in [6.45, 7) is 0.925. The van der Waals surface area contributed by atoms with Crippen molar-refractivity contribution in [3.63, 3.8) is 0 Å². The molecule has 0 unspecified atom stereocenters. The Morgan fingerprint density at radius 2 is 1.94 bits per heavy atom. The van der Waals surface area contributed by atoms with Crippen LogP contribution >= 0.6 is 0 Å². The second-order valence-corrected chi connectivity index (χ2v) is 3.72. The van der Waals surface area contributed by atoms with E-state index in [0.29, 0.717) is 30.9 Å². The summed E-state index contributed by atoms with van der Waals surface area (Å²) in [6.07, 6.45) is -3.69. The monoisotopic (exact) mass is 263 g/mol. The summed E-state index contributed by atoms with van der Waals surface area (Å²) in [4.78, 5) is 0. The van der Waals surface area contributed by atoms with Crippen LogP contribution in [-0.4, -0.2) is 20.3 Å². The van der Waals surface area contributed by atoms with Crippen LogP contribution in [0.15, 0.2) is 18.2 Å². The van der Waals surface area contributed by atoms with Gasteiger partial charge in [0.05, 0.1) is 12.2 Å². The van der Waals surface area contributed by atoms with Gasteiger partial charge in [-0.15, -0.1) is 0 Å². The van der Waals surface area contributed by atoms with Crippen LogP contribution in [0.1, 0.15) is 17.5 Å². The number of nitrogens with two attached hydrogens (primary N) is 1. The Morgan fingerprint density at radius 1 is 1.22 bits per heavy atom. The van der Waals surface area contributed by atoms with Crippen LogP contribution in [0.2, 0.25) is 0 Å². The van der Waals surface area contributed by atoms with E-state index in [2.05, 4.69) is 0 Å². The highest BCUT2D eigenvalue weighted by Gasteiger charge is 2.30. The Hall–Kier alpha value is -1.27. The van der Waals surface area contributed by atoms with Gasteiger partial charge in [0.15, 0.2) is 0 Å². The molecule has 0 aromatic heterocycles. The molecule has 1 aromatic carbocycles. The molecule has 0 amide bonds. The summed E-state index contributed by atoms with van der Waals surface area (Å²) >= 11 is 0. The van der Waals surface area contributed by atoms with Crippen molar-refractivity contribution in [2.45, 2.75) is 19.1 Å². The molecule has 0 saturated heterocycles. The summed E-state index contributed by atoms with van der Waals surface area (Å²) in [5.74, 6) is 0.390. The van der Waals surface area contributed by atoms with Crippen LogP contribution in [0.3, 0.4) is 0 Å². The van der Waals surface area contributed by atoms with Gasteiger partial charge in [-0.1, -0.05) is 0 Å². The molecule has 0 atom stereocenters. The summed E-state index contributed by atoms with van der Waals surface area (Å²) in [5, 5.41) is 0. The second-order valence-electron chi connectivity index (χ2n) is 3.72. The highest BCUT2D eigenvalue weighted by molar-refractivity contribution is 5.38. The Labute approximate surface area is 104 Å². The van der Waals surface area contributed by atoms with Gasteiger partial charge in [-0.2, -0.15) is 13.2 Å². The van der Waals surface area contributed by atoms with E-state index in [1.807, 2.05) is 0 Å². The van der Waals surface area contributed by atoms with E-state index >= 15 is 0 Å². The van der Waals surface area contributed by atoms with Crippen molar-refractivity contribution >= 4 is 0 Å². The zero-order valence-electron chi connectivity index (χ0n) is 10.1. The van der Waals surface area contributed by atoms with Crippen molar-refractivity contribution in [2.75, 3.05) is 20.3 Å². The Bertz CT molecular complexity index is 380. The van der Waals surface area contributed by atoms with Gasteiger partial charge < -0.3 is 15.2 Å². The fourth-order valence-corrected chi connectivity index (χ4v) is 1.44. The molecule has 0 saturated carbocycles. The average molecular weight is 263 g/mol. The number of ether oxygens (including phenoxy) is 2. The van der Waals surface area contributed by atoms with Gasteiger partial charge >= 0.3 is 6.18 Å². The summed E-state index contributed by atoms with van der Waals surface area (Å²) < 4.78 is 47.7. The zero-order chi connectivity index (χ0) is 13.6. The number of benzene rings is 1. The van der Waals surface area contributed by atoms with Crippen molar-refractivity contribution < 1.29 is 22.6 Å². The highest BCUT2D eigenvalue weighted by Crippen LogP contribution is 2.32. The number of hydrogen-bond acceptors (Lipinski definition) is 3. The maximum atomic E-state index is 12.5. The van der Waals surface area contributed by atoms with Crippen molar-refractivity contribution in [1.29, 1.82) is 0 Å². The summed E-state index contributed by atoms with van der Waals surface area (Å²) in [6, 6.07) is 3.31. The molecule has 1 rings (SSSR count). The van der Waals surface area contributed by atoms with Crippen molar-refractivity contribution in [1.82, 2.24) is 0 Å². The van der Waals surface area contributed by atoms with Crippen LogP contribution in [0.4, 0.5) is 13.2 Å². The van der Waals surface area contributed by atoms with Gasteiger partial charge in [-0.05, 0) is 18.2 Å². The topological polar surface area (TPSA) is 44.5 Å². The lowest BCUT2D eigenvalue weighted by Crippen LogP contribution is -2.09. The number of alkyl halides is 3. The first-order valence-corrected chi connectivity index (χ1v) is 5.51. The molecule has 0 heterocycles. The number of halogens is 3. The first-order valence-electron chi connectivity index (χ1n) is 5.51. The van der Waals surface area contributed by atoms with E-state index < -0.39 is 11.7 Å². The molecule has 0 bridgehead atoms. The fraction of sp³-hybridized carbons (Fsp3) is 0.500. The number of hydrogen-bond donors (Lipinski definition) is 1. The molecular weight excluding hydrogens is 247 g/mol. The molecule has 0 spiro atoms. The molecule has 0 radical (unpaired) electrons. The molecule has 2 N–H and O–H groups in total. The number of rotatable bonds is 6. The molecule has 0 fully saturated rings. The largest absolute Gasteiger partial charge is 0.493 e. The van der Waals surface area contributed by atoms with E-state index in [0.717, 1.165) is 12.1 Å². The standard InChI is InChI=1S/C12H16F3NO2/c1-17-5-2-6-18-11-4-3-10(12(13,14)15)7-9(11)8-16/h3-4,7H,2,5-6,8,16H2,1H3. The third-order valence-corrected chi connectivity index (χ3v) is 2.36. The molecule has 102 valence electrons. The molecular formula is C12H16F3NO2. The normalized spacial score (nSPS) is 11.6. The summed E-state index contributed by atoms with van der Waals surface area (Å²) in [7, 11) is 1.57. The number of methoxy groups -OCH3 is 1. The first-order chi connectivity index (χ1) is 8.49. The van der Waals surface area contributed by atoms with Gasteiger partial charge in [-0.25, -0.2) is 0 Å². The van der Waals surface area contributed by atoms with Crippen LogP contribution in [0.25, 0.3) is 0 Å². The quantitative estimate of drug-likeness (QED) is 0.802. The van der Waals surface area contributed by atoms with Gasteiger partial charge in [0, 0.05) is 32.2 Å². The van der Waals surface area contributed by atoms with E-state index in [9.17, 15) is 13.2 Å². The molecule has 1 aromatic rings. The van der Waals surface area contributed by atoms with Gasteiger partial charge in [0.1, 0.15) is 5.75 Å². The maximum Gasteiger partial charge on any atom is 0.416 e. The van der Waals surface area contributed by atoms with Crippen molar-refractivity contribution in [2.24, 2.45) is 5.73 Å². The SMILES string of the molecule is COCCCOc1ccc(C(F)(F)F)cc1CN. The lowest BCUT2D eigenvalue weighted by Gasteiger charge is -2.13.